The molecule has 0 saturated heterocycles. The molecular weight excluding hydrogens is 252 g/mol. The van der Waals surface area contributed by atoms with Crippen LogP contribution in [0.15, 0.2) is 34.7 Å². The van der Waals surface area contributed by atoms with Crippen LogP contribution < -0.4 is 10.6 Å². The van der Waals surface area contributed by atoms with Crippen LogP contribution in [0.25, 0.3) is 0 Å². The average molecular weight is 274 g/mol. The van der Waals surface area contributed by atoms with Gasteiger partial charge in [0.1, 0.15) is 0 Å². The lowest BCUT2D eigenvalue weighted by molar-refractivity contribution is 0.423. The van der Waals surface area contributed by atoms with Crippen molar-refractivity contribution in [1.29, 1.82) is 0 Å². The smallest absolute Gasteiger partial charge is 0.315 e. The molecule has 0 aliphatic rings. The molecule has 1 unspecified atom stereocenters. The zero-order valence-electron chi connectivity index (χ0n) is 12.1. The highest BCUT2D eigenvalue weighted by Gasteiger charge is 2.12. The summed E-state index contributed by atoms with van der Waals surface area (Å²) in [5.74, 6) is 0.626. The minimum absolute atomic E-state index is 0.0899. The molecule has 20 heavy (non-hydrogen) atoms. The molecule has 0 spiro atoms. The van der Waals surface area contributed by atoms with E-state index in [0.717, 1.165) is 25.9 Å². The van der Waals surface area contributed by atoms with Crippen LogP contribution in [0.1, 0.15) is 37.8 Å². The summed E-state index contributed by atoms with van der Waals surface area (Å²) in [6.45, 7) is 5.88. The minimum atomic E-state index is 0.0899. The Kier molecular flexibility index (Phi) is 5.55. The van der Waals surface area contributed by atoms with Gasteiger partial charge in [-0.25, -0.2) is 0 Å². The first-order valence-electron chi connectivity index (χ1n) is 7.14. The Morgan fingerprint density at radius 1 is 1.15 bits per heavy atom. The van der Waals surface area contributed by atoms with E-state index >= 15 is 0 Å². The van der Waals surface area contributed by atoms with Gasteiger partial charge in [-0.1, -0.05) is 42.4 Å². The summed E-state index contributed by atoms with van der Waals surface area (Å²) in [6.07, 6.45) is 2.02. The molecule has 1 heterocycles. The van der Waals surface area contributed by atoms with Gasteiger partial charge in [0.25, 0.3) is 0 Å². The molecule has 1 atom stereocenters. The molecule has 108 valence electrons. The summed E-state index contributed by atoms with van der Waals surface area (Å²) in [4.78, 5) is 0. The van der Waals surface area contributed by atoms with E-state index in [-0.39, 0.29) is 6.04 Å². The molecule has 0 bridgehead atoms. The Bertz CT molecular complexity index is 498. The molecule has 2 N–H and O–H groups in total. The topological polar surface area (TPSA) is 63.0 Å². The van der Waals surface area contributed by atoms with E-state index in [1.54, 1.807) is 0 Å². The van der Waals surface area contributed by atoms with Gasteiger partial charge >= 0.3 is 6.01 Å². The second kappa shape index (κ2) is 7.65. The van der Waals surface area contributed by atoms with Crippen molar-refractivity contribution in [2.75, 3.05) is 18.4 Å². The normalized spacial score (nSPS) is 12.3. The molecule has 0 aliphatic heterocycles. The van der Waals surface area contributed by atoms with Crippen molar-refractivity contribution in [2.45, 2.75) is 32.7 Å². The Morgan fingerprint density at radius 2 is 1.95 bits per heavy atom. The van der Waals surface area contributed by atoms with Crippen molar-refractivity contribution in [3.8, 4) is 0 Å². The number of nitrogens with zero attached hydrogens (tertiary/aromatic N) is 2. The SMILES string of the molecule is CCCNC(C)c1nnc(NCCc2ccccc2)o1. The van der Waals surface area contributed by atoms with Gasteiger partial charge in [-0.05, 0) is 31.9 Å². The molecule has 0 aliphatic carbocycles. The largest absolute Gasteiger partial charge is 0.406 e. The van der Waals surface area contributed by atoms with E-state index in [4.69, 9.17) is 4.42 Å². The first-order valence-corrected chi connectivity index (χ1v) is 7.14. The summed E-state index contributed by atoms with van der Waals surface area (Å²) >= 11 is 0. The Morgan fingerprint density at radius 3 is 2.70 bits per heavy atom. The molecule has 5 heteroatoms. The van der Waals surface area contributed by atoms with Gasteiger partial charge in [0.05, 0.1) is 6.04 Å². The fourth-order valence-corrected chi connectivity index (χ4v) is 1.89. The molecule has 1 aromatic heterocycles. The number of benzene rings is 1. The predicted octanol–water partition coefficient (Wildman–Crippen LogP) is 2.78. The maximum Gasteiger partial charge on any atom is 0.315 e. The van der Waals surface area contributed by atoms with Gasteiger partial charge in [-0.2, -0.15) is 0 Å². The van der Waals surface area contributed by atoms with E-state index < -0.39 is 0 Å². The number of rotatable bonds is 8. The standard InChI is InChI=1S/C15H22N4O/c1-3-10-16-12(2)14-18-19-15(20-14)17-11-9-13-7-5-4-6-8-13/h4-8,12,16H,3,9-11H2,1-2H3,(H,17,19). The minimum Gasteiger partial charge on any atom is -0.406 e. The third kappa shape index (κ3) is 4.35. The Labute approximate surface area is 119 Å². The van der Waals surface area contributed by atoms with Crippen LogP contribution >= 0.6 is 0 Å². The fraction of sp³-hybridized carbons (Fsp3) is 0.467. The van der Waals surface area contributed by atoms with Gasteiger partial charge < -0.3 is 15.1 Å². The lowest BCUT2D eigenvalue weighted by Crippen LogP contribution is -2.19. The van der Waals surface area contributed by atoms with Crippen LogP contribution in [0.2, 0.25) is 0 Å². The monoisotopic (exact) mass is 274 g/mol. The highest BCUT2D eigenvalue weighted by Crippen LogP contribution is 2.13. The molecule has 0 amide bonds. The van der Waals surface area contributed by atoms with Gasteiger partial charge in [0.2, 0.25) is 5.89 Å². The van der Waals surface area contributed by atoms with Crippen LogP contribution in [0.4, 0.5) is 6.01 Å². The van der Waals surface area contributed by atoms with Gasteiger partial charge in [-0.15, -0.1) is 5.10 Å². The fourth-order valence-electron chi connectivity index (χ4n) is 1.89. The van der Waals surface area contributed by atoms with Crippen molar-refractivity contribution in [3.05, 3.63) is 41.8 Å². The molecule has 2 rings (SSSR count). The van der Waals surface area contributed by atoms with E-state index in [1.165, 1.54) is 5.56 Å². The van der Waals surface area contributed by atoms with Crippen molar-refractivity contribution >= 4 is 6.01 Å². The average Bonchev–Trinajstić information content (AvgIpc) is 2.95. The summed E-state index contributed by atoms with van der Waals surface area (Å²) in [7, 11) is 0. The highest BCUT2D eigenvalue weighted by molar-refractivity contribution is 5.20. The third-order valence-electron chi connectivity index (χ3n) is 3.04. The van der Waals surface area contributed by atoms with Crippen LogP contribution in [0, 0.1) is 0 Å². The maximum atomic E-state index is 5.58. The zero-order chi connectivity index (χ0) is 14.2. The summed E-state index contributed by atoms with van der Waals surface area (Å²) in [6, 6.07) is 10.9. The van der Waals surface area contributed by atoms with Crippen molar-refractivity contribution in [3.63, 3.8) is 0 Å². The van der Waals surface area contributed by atoms with Gasteiger partial charge in [-0.3, -0.25) is 0 Å². The van der Waals surface area contributed by atoms with Crippen molar-refractivity contribution in [2.24, 2.45) is 0 Å². The van der Waals surface area contributed by atoms with E-state index in [2.05, 4.69) is 39.9 Å². The second-order valence-electron chi connectivity index (χ2n) is 4.78. The van der Waals surface area contributed by atoms with E-state index in [1.807, 2.05) is 25.1 Å². The quantitative estimate of drug-likeness (QED) is 0.775. The molecular formula is C15H22N4O. The zero-order valence-corrected chi connectivity index (χ0v) is 12.1. The summed E-state index contributed by atoms with van der Waals surface area (Å²) < 4.78 is 5.58. The van der Waals surface area contributed by atoms with Crippen molar-refractivity contribution < 1.29 is 4.42 Å². The summed E-state index contributed by atoms with van der Waals surface area (Å²) in [5, 5.41) is 14.5. The van der Waals surface area contributed by atoms with Crippen LogP contribution in [-0.4, -0.2) is 23.3 Å². The molecule has 2 aromatic rings. The van der Waals surface area contributed by atoms with Gasteiger partial charge in [0, 0.05) is 6.54 Å². The first kappa shape index (κ1) is 14.5. The van der Waals surface area contributed by atoms with E-state index in [9.17, 15) is 0 Å². The van der Waals surface area contributed by atoms with Crippen molar-refractivity contribution in [1.82, 2.24) is 15.5 Å². The highest BCUT2D eigenvalue weighted by atomic mass is 16.4. The third-order valence-corrected chi connectivity index (χ3v) is 3.04. The van der Waals surface area contributed by atoms with Crippen LogP contribution in [-0.2, 0) is 6.42 Å². The maximum absolute atomic E-state index is 5.58. The molecule has 0 saturated carbocycles. The Balaban J connectivity index is 1.78. The lowest BCUT2D eigenvalue weighted by Gasteiger charge is -2.07. The van der Waals surface area contributed by atoms with Crippen LogP contribution in [0.5, 0.6) is 0 Å². The number of aromatic nitrogens is 2. The first-order chi connectivity index (χ1) is 9.79. The van der Waals surface area contributed by atoms with E-state index in [0.29, 0.717) is 11.9 Å². The lowest BCUT2D eigenvalue weighted by atomic mass is 10.1. The molecule has 1 aromatic carbocycles. The summed E-state index contributed by atoms with van der Waals surface area (Å²) in [5.41, 5.74) is 1.29. The van der Waals surface area contributed by atoms with Gasteiger partial charge in [0.15, 0.2) is 0 Å². The molecule has 0 fully saturated rings. The number of hydrogen-bond acceptors (Lipinski definition) is 5. The number of anilines is 1. The number of hydrogen-bond donors (Lipinski definition) is 2. The Hall–Kier alpha value is -1.88. The number of nitrogens with one attached hydrogen (secondary N) is 2. The molecule has 5 nitrogen and oxygen atoms in total. The predicted molar refractivity (Wildman–Crippen MR) is 79.6 cm³/mol. The van der Waals surface area contributed by atoms with Crippen LogP contribution in [0.3, 0.4) is 0 Å². The molecule has 0 radical (unpaired) electrons. The second-order valence-corrected chi connectivity index (χ2v) is 4.78.